The third kappa shape index (κ3) is 5.46. The van der Waals surface area contributed by atoms with Crippen molar-refractivity contribution in [2.75, 3.05) is 39.8 Å². The lowest BCUT2D eigenvalue weighted by molar-refractivity contribution is -0.140. The fourth-order valence-electron chi connectivity index (χ4n) is 5.26. The molecule has 35 heavy (non-hydrogen) atoms. The van der Waals surface area contributed by atoms with Crippen LogP contribution in [-0.2, 0) is 27.0 Å². The summed E-state index contributed by atoms with van der Waals surface area (Å²) in [5.41, 5.74) is 1.61. The standard InChI is InChI=1S/C26H32F3N3O3/c1-17(2)32-16-22(25(34)35-3)21-8-7-19(23(21)24(32)33)15-31-11-9-30(10-12-31)14-18-5-4-6-20(13-18)26(27,28)29/h4-7,13,16-17,21,23H,8-12,14-15H2,1-3H3/t21-,23-/m1/s1. The van der Waals surface area contributed by atoms with Gasteiger partial charge in [-0.3, -0.25) is 14.6 Å². The predicted octanol–water partition coefficient (Wildman–Crippen LogP) is 3.69. The van der Waals surface area contributed by atoms with Crippen LogP contribution < -0.4 is 0 Å². The third-order valence-corrected chi connectivity index (χ3v) is 7.14. The highest BCUT2D eigenvalue weighted by Gasteiger charge is 2.45. The molecule has 3 aliphatic rings. The normalized spacial score (nSPS) is 23.9. The number of hydrogen-bond donors (Lipinski definition) is 0. The molecular formula is C26H32F3N3O3. The predicted molar refractivity (Wildman–Crippen MR) is 125 cm³/mol. The van der Waals surface area contributed by atoms with Crippen molar-refractivity contribution in [3.05, 3.63) is 58.8 Å². The summed E-state index contributed by atoms with van der Waals surface area (Å²) in [6.45, 7) is 7.95. The molecule has 1 saturated heterocycles. The van der Waals surface area contributed by atoms with E-state index in [0.717, 1.165) is 37.8 Å². The van der Waals surface area contributed by atoms with Gasteiger partial charge in [0.25, 0.3) is 0 Å². The summed E-state index contributed by atoms with van der Waals surface area (Å²) in [4.78, 5) is 31.8. The van der Waals surface area contributed by atoms with Gasteiger partial charge in [0, 0.05) is 57.4 Å². The summed E-state index contributed by atoms with van der Waals surface area (Å²) in [6.07, 6.45) is 0.0342. The molecule has 2 aliphatic heterocycles. The van der Waals surface area contributed by atoms with E-state index in [0.29, 0.717) is 30.6 Å². The van der Waals surface area contributed by atoms with Gasteiger partial charge in [0.15, 0.2) is 0 Å². The van der Waals surface area contributed by atoms with Crippen LogP contribution in [0.25, 0.3) is 0 Å². The summed E-state index contributed by atoms with van der Waals surface area (Å²) in [5, 5.41) is 0. The number of allylic oxidation sites excluding steroid dienone is 1. The molecule has 1 amide bonds. The van der Waals surface area contributed by atoms with E-state index in [1.165, 1.54) is 19.2 Å². The number of nitrogens with zero attached hydrogens (tertiary/aromatic N) is 3. The molecule has 0 saturated carbocycles. The van der Waals surface area contributed by atoms with Gasteiger partial charge in [-0.05, 0) is 37.5 Å². The van der Waals surface area contributed by atoms with Crippen LogP contribution in [0.5, 0.6) is 0 Å². The van der Waals surface area contributed by atoms with E-state index in [2.05, 4.69) is 15.9 Å². The van der Waals surface area contributed by atoms with Crippen molar-refractivity contribution in [3.63, 3.8) is 0 Å². The number of benzene rings is 1. The van der Waals surface area contributed by atoms with Crippen molar-refractivity contribution in [2.45, 2.75) is 39.0 Å². The zero-order valence-corrected chi connectivity index (χ0v) is 20.3. The molecule has 2 atom stereocenters. The van der Waals surface area contributed by atoms with Crippen LogP contribution in [0.4, 0.5) is 13.2 Å². The van der Waals surface area contributed by atoms with Crippen LogP contribution in [-0.4, -0.2) is 72.5 Å². The highest BCUT2D eigenvalue weighted by atomic mass is 19.4. The van der Waals surface area contributed by atoms with E-state index in [1.807, 2.05) is 13.8 Å². The van der Waals surface area contributed by atoms with Crippen LogP contribution in [0.15, 0.2) is 47.7 Å². The smallest absolute Gasteiger partial charge is 0.416 e. The first-order chi connectivity index (χ1) is 16.6. The lowest BCUT2D eigenvalue weighted by Crippen LogP contribution is -2.49. The molecule has 0 bridgehead atoms. The van der Waals surface area contributed by atoms with Crippen molar-refractivity contribution >= 4 is 11.9 Å². The topological polar surface area (TPSA) is 53.1 Å². The average molecular weight is 492 g/mol. The molecule has 0 spiro atoms. The van der Waals surface area contributed by atoms with Gasteiger partial charge in [-0.1, -0.05) is 24.3 Å². The summed E-state index contributed by atoms with van der Waals surface area (Å²) >= 11 is 0. The maximum absolute atomic E-state index is 13.3. The van der Waals surface area contributed by atoms with Crippen LogP contribution in [0.2, 0.25) is 0 Å². The Hall–Kier alpha value is -2.65. The molecule has 1 fully saturated rings. The Morgan fingerprint density at radius 1 is 1.11 bits per heavy atom. The molecule has 4 rings (SSSR count). The van der Waals surface area contributed by atoms with Gasteiger partial charge in [0.05, 0.1) is 24.2 Å². The number of piperazine rings is 1. The number of alkyl halides is 3. The zero-order chi connectivity index (χ0) is 25.3. The van der Waals surface area contributed by atoms with Crippen molar-refractivity contribution < 1.29 is 27.5 Å². The van der Waals surface area contributed by atoms with Gasteiger partial charge in [0.1, 0.15) is 0 Å². The molecule has 1 aromatic carbocycles. The number of ether oxygens (including phenoxy) is 1. The third-order valence-electron chi connectivity index (χ3n) is 7.14. The summed E-state index contributed by atoms with van der Waals surface area (Å²) in [5.74, 6) is -0.928. The zero-order valence-electron chi connectivity index (χ0n) is 20.3. The number of rotatable bonds is 6. The van der Waals surface area contributed by atoms with Crippen molar-refractivity contribution in [1.82, 2.24) is 14.7 Å². The molecular weight excluding hydrogens is 459 g/mol. The van der Waals surface area contributed by atoms with Gasteiger partial charge in [-0.2, -0.15) is 13.2 Å². The first-order valence-corrected chi connectivity index (χ1v) is 12.0. The molecule has 0 radical (unpaired) electrons. The molecule has 0 aromatic heterocycles. The maximum atomic E-state index is 13.3. The molecule has 1 aromatic rings. The Balaban J connectivity index is 1.37. The van der Waals surface area contributed by atoms with Crippen molar-refractivity contribution in [1.29, 1.82) is 0 Å². The van der Waals surface area contributed by atoms with E-state index < -0.39 is 17.7 Å². The molecule has 1 aliphatic carbocycles. The van der Waals surface area contributed by atoms with E-state index in [-0.39, 0.29) is 23.8 Å². The number of carbonyl (C=O) groups is 2. The number of amides is 1. The minimum absolute atomic E-state index is 0.0181. The summed E-state index contributed by atoms with van der Waals surface area (Å²) < 4.78 is 44.0. The second-order valence-corrected chi connectivity index (χ2v) is 9.76. The number of methoxy groups -OCH3 is 1. The number of esters is 1. The Labute approximate surface area is 204 Å². The van der Waals surface area contributed by atoms with E-state index in [1.54, 1.807) is 17.2 Å². The average Bonchev–Trinajstić information content (AvgIpc) is 3.23. The second kappa shape index (κ2) is 10.1. The Kier molecular flexibility index (Phi) is 7.38. The molecule has 190 valence electrons. The highest BCUT2D eigenvalue weighted by molar-refractivity contribution is 5.95. The number of fused-ring (bicyclic) bond motifs is 1. The second-order valence-electron chi connectivity index (χ2n) is 9.76. The van der Waals surface area contributed by atoms with Gasteiger partial charge < -0.3 is 9.64 Å². The van der Waals surface area contributed by atoms with Gasteiger partial charge in [-0.15, -0.1) is 0 Å². The van der Waals surface area contributed by atoms with E-state index in [9.17, 15) is 22.8 Å². The lowest BCUT2D eigenvalue weighted by atomic mass is 9.81. The Bertz CT molecular complexity index is 1030. The van der Waals surface area contributed by atoms with Crippen LogP contribution in [0.3, 0.4) is 0 Å². The number of carbonyl (C=O) groups excluding carboxylic acids is 2. The molecule has 0 N–H and O–H groups in total. The van der Waals surface area contributed by atoms with Gasteiger partial charge in [-0.25, -0.2) is 4.79 Å². The number of hydrogen-bond acceptors (Lipinski definition) is 5. The molecule has 6 nitrogen and oxygen atoms in total. The Morgan fingerprint density at radius 3 is 2.37 bits per heavy atom. The minimum atomic E-state index is -4.34. The van der Waals surface area contributed by atoms with Crippen molar-refractivity contribution in [2.24, 2.45) is 11.8 Å². The lowest BCUT2D eigenvalue weighted by Gasteiger charge is -2.38. The Morgan fingerprint density at radius 2 is 1.77 bits per heavy atom. The van der Waals surface area contributed by atoms with Crippen molar-refractivity contribution in [3.8, 4) is 0 Å². The highest BCUT2D eigenvalue weighted by Crippen LogP contribution is 2.42. The first-order valence-electron chi connectivity index (χ1n) is 12.0. The van der Waals surface area contributed by atoms with Crippen LogP contribution in [0, 0.1) is 11.8 Å². The van der Waals surface area contributed by atoms with Gasteiger partial charge >= 0.3 is 12.1 Å². The molecule has 2 heterocycles. The van der Waals surface area contributed by atoms with E-state index in [4.69, 9.17) is 4.74 Å². The summed E-state index contributed by atoms with van der Waals surface area (Å²) in [6, 6.07) is 5.43. The van der Waals surface area contributed by atoms with Crippen LogP contribution in [0.1, 0.15) is 31.4 Å². The largest absolute Gasteiger partial charge is 0.466 e. The maximum Gasteiger partial charge on any atom is 0.416 e. The summed E-state index contributed by atoms with van der Waals surface area (Å²) in [7, 11) is 1.36. The molecule has 0 unspecified atom stereocenters. The fourth-order valence-corrected chi connectivity index (χ4v) is 5.26. The monoisotopic (exact) mass is 491 g/mol. The van der Waals surface area contributed by atoms with Gasteiger partial charge in [0.2, 0.25) is 5.91 Å². The molecule has 9 heteroatoms. The first kappa shape index (κ1) is 25.4. The number of halogens is 3. The fraction of sp³-hybridized carbons (Fsp3) is 0.538. The minimum Gasteiger partial charge on any atom is -0.466 e. The van der Waals surface area contributed by atoms with E-state index >= 15 is 0 Å². The van der Waals surface area contributed by atoms with Crippen LogP contribution >= 0.6 is 0 Å². The quantitative estimate of drug-likeness (QED) is 0.449. The SMILES string of the molecule is COC(=O)C1=CN(C(C)C)C(=O)[C@@H]2C(CN3CCN(Cc4cccc(C(F)(F)F)c4)CC3)=CC[C@H]12.